The molecule has 20 heavy (non-hydrogen) atoms. The van der Waals surface area contributed by atoms with Crippen LogP contribution in [-0.4, -0.2) is 6.54 Å². The first-order valence-electron chi connectivity index (χ1n) is 6.47. The number of hydrogen-bond acceptors (Lipinski definition) is 2. The molecular formula is C15H16Br2FNS. The van der Waals surface area contributed by atoms with Gasteiger partial charge in [0.15, 0.2) is 0 Å². The molecular weight excluding hydrogens is 405 g/mol. The zero-order valence-electron chi connectivity index (χ0n) is 11.3. The lowest BCUT2D eigenvalue weighted by atomic mass is 10.1. The molecule has 0 saturated carbocycles. The predicted molar refractivity (Wildman–Crippen MR) is 91.0 cm³/mol. The molecule has 0 amide bonds. The number of rotatable bonds is 5. The number of thiophene rings is 1. The van der Waals surface area contributed by atoms with Crippen molar-refractivity contribution >= 4 is 43.2 Å². The van der Waals surface area contributed by atoms with E-state index in [2.05, 4.69) is 57.1 Å². The largest absolute Gasteiger partial charge is 0.306 e. The van der Waals surface area contributed by atoms with Crippen LogP contribution in [0.2, 0.25) is 0 Å². The van der Waals surface area contributed by atoms with Gasteiger partial charge in [0.05, 0.1) is 10.5 Å². The Bertz CT molecular complexity index is 598. The van der Waals surface area contributed by atoms with Crippen LogP contribution in [0.3, 0.4) is 0 Å². The van der Waals surface area contributed by atoms with Crippen molar-refractivity contribution in [3.63, 3.8) is 0 Å². The lowest BCUT2D eigenvalue weighted by Gasteiger charge is -2.19. The normalized spacial score (nSPS) is 12.7. The second-order valence-electron chi connectivity index (χ2n) is 4.63. The van der Waals surface area contributed by atoms with Gasteiger partial charge in [-0.2, -0.15) is 0 Å². The molecule has 1 aromatic carbocycles. The van der Waals surface area contributed by atoms with Crippen molar-refractivity contribution in [2.24, 2.45) is 0 Å². The summed E-state index contributed by atoms with van der Waals surface area (Å²) in [6.45, 7) is 5.15. The van der Waals surface area contributed by atoms with Crippen LogP contribution in [0.25, 0.3) is 0 Å². The van der Waals surface area contributed by atoms with Gasteiger partial charge >= 0.3 is 0 Å². The summed E-state index contributed by atoms with van der Waals surface area (Å²) in [4.78, 5) is 2.49. The highest BCUT2D eigenvalue weighted by atomic mass is 79.9. The maximum absolute atomic E-state index is 13.4. The van der Waals surface area contributed by atoms with Crippen LogP contribution < -0.4 is 5.32 Å². The average molecular weight is 421 g/mol. The summed E-state index contributed by atoms with van der Waals surface area (Å²) >= 11 is 8.65. The Morgan fingerprint density at radius 2 is 2.00 bits per heavy atom. The molecule has 0 spiro atoms. The van der Waals surface area contributed by atoms with E-state index in [1.54, 1.807) is 11.3 Å². The first-order chi connectivity index (χ1) is 9.52. The van der Waals surface area contributed by atoms with Gasteiger partial charge in [-0.3, -0.25) is 0 Å². The molecule has 1 nitrogen and oxygen atoms in total. The lowest BCUT2D eigenvalue weighted by molar-refractivity contribution is 0.595. The van der Waals surface area contributed by atoms with E-state index in [4.69, 9.17) is 0 Å². The van der Waals surface area contributed by atoms with Crippen molar-refractivity contribution in [2.45, 2.75) is 26.3 Å². The molecule has 1 N–H and O–H groups in total. The van der Waals surface area contributed by atoms with Gasteiger partial charge in [-0.25, -0.2) is 4.39 Å². The van der Waals surface area contributed by atoms with E-state index in [1.807, 2.05) is 12.1 Å². The Balaban J connectivity index is 2.41. The molecule has 5 heteroatoms. The number of aryl methyl sites for hydroxylation is 1. The van der Waals surface area contributed by atoms with Gasteiger partial charge < -0.3 is 5.32 Å². The number of hydrogen-bond donors (Lipinski definition) is 1. The number of benzene rings is 1. The molecule has 108 valence electrons. The standard InChI is InChI=1S/C15H16Br2FNS/c1-3-6-19-14(15-12(17)7-9(2)20-15)10-4-5-13(18)11(16)8-10/h4-5,7-8,14,19H,3,6H2,1-2H3. The molecule has 1 aromatic heterocycles. The van der Waals surface area contributed by atoms with Crippen molar-refractivity contribution in [2.75, 3.05) is 6.54 Å². The van der Waals surface area contributed by atoms with Crippen LogP contribution in [0.15, 0.2) is 33.2 Å². The Kier molecular flexibility index (Phi) is 5.78. The summed E-state index contributed by atoms with van der Waals surface area (Å²) in [5.41, 5.74) is 1.06. The molecule has 0 aliphatic rings. The minimum Gasteiger partial charge on any atom is -0.306 e. The molecule has 1 heterocycles. The Morgan fingerprint density at radius 3 is 2.55 bits per heavy atom. The van der Waals surface area contributed by atoms with Gasteiger partial charge in [0.25, 0.3) is 0 Å². The Hall–Kier alpha value is -0.230. The molecule has 1 atom stereocenters. The van der Waals surface area contributed by atoms with Gasteiger partial charge in [-0.05, 0) is 75.5 Å². The highest BCUT2D eigenvalue weighted by molar-refractivity contribution is 9.10. The van der Waals surface area contributed by atoms with Crippen LogP contribution in [0.5, 0.6) is 0 Å². The second-order valence-corrected chi connectivity index (χ2v) is 7.63. The average Bonchev–Trinajstić information content (AvgIpc) is 2.73. The molecule has 2 rings (SSSR count). The third-order valence-corrected chi connectivity index (χ3v) is 5.62. The van der Waals surface area contributed by atoms with Crippen molar-refractivity contribution in [3.05, 3.63) is 54.3 Å². The minimum absolute atomic E-state index is 0.0833. The third-order valence-electron chi connectivity index (χ3n) is 2.97. The highest BCUT2D eigenvalue weighted by Crippen LogP contribution is 2.36. The minimum atomic E-state index is -0.232. The number of nitrogens with one attached hydrogen (secondary N) is 1. The molecule has 0 aliphatic carbocycles. The summed E-state index contributed by atoms with van der Waals surface area (Å²) in [6, 6.07) is 7.41. The second kappa shape index (κ2) is 7.16. The SMILES string of the molecule is CCCNC(c1ccc(F)c(Br)c1)c1sc(C)cc1Br. The molecule has 2 aromatic rings. The van der Waals surface area contributed by atoms with Gasteiger partial charge in [0.2, 0.25) is 0 Å². The molecule has 0 fully saturated rings. The summed E-state index contributed by atoms with van der Waals surface area (Å²) in [5, 5.41) is 3.54. The quantitative estimate of drug-likeness (QED) is 0.643. The zero-order valence-corrected chi connectivity index (χ0v) is 15.3. The van der Waals surface area contributed by atoms with Crippen LogP contribution in [-0.2, 0) is 0 Å². The maximum atomic E-state index is 13.4. The molecule has 0 saturated heterocycles. The van der Waals surface area contributed by atoms with E-state index in [-0.39, 0.29) is 11.9 Å². The van der Waals surface area contributed by atoms with Crippen LogP contribution in [0, 0.1) is 12.7 Å². The van der Waals surface area contributed by atoms with Crippen molar-refractivity contribution in [1.82, 2.24) is 5.32 Å². The van der Waals surface area contributed by atoms with Crippen molar-refractivity contribution in [1.29, 1.82) is 0 Å². The molecule has 1 unspecified atom stereocenters. The summed E-state index contributed by atoms with van der Waals surface area (Å²) in [6.07, 6.45) is 1.06. The fourth-order valence-electron chi connectivity index (χ4n) is 2.04. The number of halogens is 3. The zero-order chi connectivity index (χ0) is 14.7. The summed E-state index contributed by atoms with van der Waals surface area (Å²) < 4.78 is 15.0. The maximum Gasteiger partial charge on any atom is 0.137 e. The van der Waals surface area contributed by atoms with E-state index in [9.17, 15) is 4.39 Å². The fraction of sp³-hybridized carbons (Fsp3) is 0.333. The molecule has 0 bridgehead atoms. The highest BCUT2D eigenvalue weighted by Gasteiger charge is 2.19. The van der Waals surface area contributed by atoms with Gasteiger partial charge in [0, 0.05) is 14.2 Å². The Labute approximate surface area is 139 Å². The molecule has 0 aliphatic heterocycles. The summed E-state index contributed by atoms with van der Waals surface area (Å²) in [7, 11) is 0. The first-order valence-corrected chi connectivity index (χ1v) is 8.87. The monoisotopic (exact) mass is 419 g/mol. The topological polar surface area (TPSA) is 12.0 Å². The van der Waals surface area contributed by atoms with Crippen LogP contribution in [0.1, 0.15) is 34.7 Å². The molecule has 0 radical (unpaired) electrons. The Morgan fingerprint density at radius 1 is 1.25 bits per heavy atom. The van der Waals surface area contributed by atoms with E-state index in [0.29, 0.717) is 4.47 Å². The van der Waals surface area contributed by atoms with Crippen LogP contribution >= 0.6 is 43.2 Å². The van der Waals surface area contributed by atoms with E-state index in [1.165, 1.54) is 15.8 Å². The third kappa shape index (κ3) is 3.70. The van der Waals surface area contributed by atoms with E-state index >= 15 is 0 Å². The van der Waals surface area contributed by atoms with Crippen molar-refractivity contribution in [3.8, 4) is 0 Å². The summed E-state index contributed by atoms with van der Waals surface area (Å²) in [5.74, 6) is -0.232. The van der Waals surface area contributed by atoms with E-state index < -0.39 is 0 Å². The van der Waals surface area contributed by atoms with Crippen LogP contribution in [0.4, 0.5) is 4.39 Å². The van der Waals surface area contributed by atoms with E-state index in [0.717, 1.165) is 23.0 Å². The van der Waals surface area contributed by atoms with Crippen molar-refractivity contribution < 1.29 is 4.39 Å². The van der Waals surface area contributed by atoms with Gasteiger partial charge in [0.1, 0.15) is 5.82 Å². The predicted octanol–water partition coefficient (Wildman–Crippen LogP) is 5.81. The van der Waals surface area contributed by atoms with Gasteiger partial charge in [-0.1, -0.05) is 13.0 Å². The smallest absolute Gasteiger partial charge is 0.137 e. The van der Waals surface area contributed by atoms with Gasteiger partial charge in [-0.15, -0.1) is 11.3 Å². The fourth-order valence-corrected chi connectivity index (χ4v) is 4.42. The first kappa shape index (κ1) is 16.1. The lowest BCUT2D eigenvalue weighted by Crippen LogP contribution is -2.22.